The minimum Gasteiger partial charge on any atom is -0.358 e. The zero-order valence-electron chi connectivity index (χ0n) is 6.91. The average Bonchev–Trinajstić information content (AvgIpc) is 2.25. The molecular formula is C9H11N3. The van der Waals surface area contributed by atoms with Crippen LogP contribution in [0.1, 0.15) is 6.92 Å². The van der Waals surface area contributed by atoms with Gasteiger partial charge in [-0.2, -0.15) is 0 Å². The van der Waals surface area contributed by atoms with Crippen molar-refractivity contribution in [2.75, 3.05) is 0 Å². The van der Waals surface area contributed by atoms with E-state index < -0.39 is 0 Å². The van der Waals surface area contributed by atoms with E-state index in [0.29, 0.717) is 5.92 Å². The molecular weight excluding hydrogens is 150 g/mol. The highest BCUT2D eigenvalue weighted by atomic mass is 15.1. The lowest BCUT2D eigenvalue weighted by Crippen LogP contribution is -2.30. The zero-order valence-corrected chi connectivity index (χ0v) is 6.91. The van der Waals surface area contributed by atoms with Crippen LogP contribution in [0.5, 0.6) is 0 Å². The minimum absolute atomic E-state index is 0.432. The summed E-state index contributed by atoms with van der Waals surface area (Å²) in [5.74, 6) is 1.32. The molecule has 0 saturated heterocycles. The van der Waals surface area contributed by atoms with Gasteiger partial charge in [0, 0.05) is 18.6 Å². The Balaban J connectivity index is 2.35. The highest BCUT2D eigenvalue weighted by Gasteiger charge is 2.10. The molecule has 0 aromatic carbocycles. The van der Waals surface area contributed by atoms with Gasteiger partial charge >= 0.3 is 0 Å². The van der Waals surface area contributed by atoms with Crippen molar-refractivity contribution in [3.05, 3.63) is 36.4 Å². The van der Waals surface area contributed by atoms with Gasteiger partial charge in [-0.25, -0.2) is 4.99 Å². The molecule has 0 aromatic rings. The summed E-state index contributed by atoms with van der Waals surface area (Å²) >= 11 is 0. The number of hydrogen-bond donors (Lipinski definition) is 2. The van der Waals surface area contributed by atoms with Crippen LogP contribution in [0, 0.1) is 5.92 Å². The van der Waals surface area contributed by atoms with E-state index in [1.165, 1.54) is 0 Å². The molecule has 2 aliphatic rings. The number of nitrogens with one attached hydrogen (secondary N) is 2. The van der Waals surface area contributed by atoms with Gasteiger partial charge in [0.1, 0.15) is 0 Å². The molecule has 0 spiro atoms. The van der Waals surface area contributed by atoms with Crippen molar-refractivity contribution in [1.29, 1.82) is 0 Å². The maximum absolute atomic E-state index is 4.24. The molecule has 62 valence electrons. The van der Waals surface area contributed by atoms with Gasteiger partial charge in [0.05, 0.1) is 5.70 Å². The molecule has 1 unspecified atom stereocenters. The van der Waals surface area contributed by atoms with E-state index >= 15 is 0 Å². The first kappa shape index (κ1) is 7.16. The highest BCUT2D eigenvalue weighted by Crippen LogP contribution is 2.09. The molecule has 12 heavy (non-hydrogen) atoms. The molecule has 0 amide bonds. The number of fused-ring (bicyclic) bond motifs is 1. The summed E-state index contributed by atoms with van der Waals surface area (Å²) in [4.78, 5) is 4.24. The van der Waals surface area contributed by atoms with Crippen molar-refractivity contribution < 1.29 is 0 Å². The molecule has 2 aliphatic heterocycles. The van der Waals surface area contributed by atoms with E-state index in [4.69, 9.17) is 0 Å². The third-order valence-electron chi connectivity index (χ3n) is 1.82. The Morgan fingerprint density at radius 1 is 1.33 bits per heavy atom. The van der Waals surface area contributed by atoms with E-state index in [0.717, 1.165) is 11.5 Å². The van der Waals surface area contributed by atoms with Crippen molar-refractivity contribution in [3.63, 3.8) is 0 Å². The van der Waals surface area contributed by atoms with Crippen LogP contribution in [0.2, 0.25) is 0 Å². The smallest absolute Gasteiger partial charge is 0.153 e. The lowest BCUT2D eigenvalue weighted by Gasteiger charge is -2.14. The normalized spacial score (nSPS) is 25.9. The van der Waals surface area contributed by atoms with Crippen molar-refractivity contribution >= 4 is 5.84 Å². The fourth-order valence-corrected chi connectivity index (χ4v) is 1.20. The van der Waals surface area contributed by atoms with Gasteiger partial charge in [-0.05, 0) is 5.92 Å². The first-order valence-corrected chi connectivity index (χ1v) is 4.01. The molecule has 3 heteroatoms. The van der Waals surface area contributed by atoms with Gasteiger partial charge in [0.15, 0.2) is 5.84 Å². The number of aliphatic imine (C=N–C) groups is 1. The van der Waals surface area contributed by atoms with Crippen LogP contribution in [0.25, 0.3) is 0 Å². The van der Waals surface area contributed by atoms with Crippen LogP contribution in [0.3, 0.4) is 0 Å². The molecule has 2 heterocycles. The van der Waals surface area contributed by atoms with Crippen LogP contribution in [-0.4, -0.2) is 5.84 Å². The summed E-state index contributed by atoms with van der Waals surface area (Å²) in [6.07, 6.45) is 9.72. The quantitative estimate of drug-likeness (QED) is 0.558. The minimum atomic E-state index is 0.432. The van der Waals surface area contributed by atoms with Gasteiger partial charge in [-0.3, -0.25) is 0 Å². The largest absolute Gasteiger partial charge is 0.358 e. The van der Waals surface area contributed by atoms with Crippen molar-refractivity contribution in [3.8, 4) is 0 Å². The summed E-state index contributed by atoms with van der Waals surface area (Å²) in [7, 11) is 0. The summed E-state index contributed by atoms with van der Waals surface area (Å²) in [5.41, 5.74) is 1.05. The van der Waals surface area contributed by atoms with Crippen molar-refractivity contribution in [1.82, 2.24) is 10.6 Å². The summed E-state index contributed by atoms with van der Waals surface area (Å²) in [5, 5.41) is 6.21. The Labute approximate surface area is 71.6 Å². The second-order valence-electron chi connectivity index (χ2n) is 2.88. The Kier molecular flexibility index (Phi) is 1.70. The Morgan fingerprint density at radius 2 is 2.17 bits per heavy atom. The number of hydrogen-bond acceptors (Lipinski definition) is 3. The molecule has 2 N–H and O–H groups in total. The lowest BCUT2D eigenvalue weighted by molar-refractivity contribution is 0.910. The fraction of sp³-hybridized carbons (Fsp3) is 0.222. The van der Waals surface area contributed by atoms with Crippen LogP contribution >= 0.6 is 0 Å². The zero-order chi connectivity index (χ0) is 8.39. The third-order valence-corrected chi connectivity index (χ3v) is 1.82. The number of nitrogens with zero attached hydrogens (tertiary/aromatic N) is 1. The van der Waals surface area contributed by atoms with Crippen LogP contribution in [-0.2, 0) is 0 Å². The summed E-state index contributed by atoms with van der Waals surface area (Å²) in [6.45, 7) is 2.13. The first-order chi connectivity index (χ1) is 5.86. The second kappa shape index (κ2) is 2.85. The van der Waals surface area contributed by atoms with Gasteiger partial charge in [0.2, 0.25) is 0 Å². The molecule has 0 fully saturated rings. The monoisotopic (exact) mass is 161 g/mol. The molecule has 0 aliphatic carbocycles. The summed E-state index contributed by atoms with van der Waals surface area (Å²) in [6, 6.07) is 0. The van der Waals surface area contributed by atoms with E-state index in [9.17, 15) is 0 Å². The fourth-order valence-electron chi connectivity index (χ4n) is 1.20. The number of rotatable bonds is 0. The topological polar surface area (TPSA) is 36.4 Å². The maximum atomic E-state index is 4.24. The highest BCUT2D eigenvalue weighted by molar-refractivity contribution is 5.99. The third kappa shape index (κ3) is 1.25. The van der Waals surface area contributed by atoms with Gasteiger partial charge in [-0.15, -0.1) is 0 Å². The number of allylic oxidation sites excluding steroid dienone is 2. The SMILES string of the molecule is CC1C=CN=C2NC=CNC2=C1. The van der Waals surface area contributed by atoms with Gasteiger partial charge in [0.25, 0.3) is 0 Å². The van der Waals surface area contributed by atoms with E-state index in [-0.39, 0.29) is 0 Å². The molecule has 3 nitrogen and oxygen atoms in total. The molecule has 0 saturated carbocycles. The van der Waals surface area contributed by atoms with E-state index in [1.807, 2.05) is 18.6 Å². The first-order valence-electron chi connectivity index (χ1n) is 4.01. The van der Waals surface area contributed by atoms with Gasteiger partial charge in [-0.1, -0.05) is 19.1 Å². The average molecular weight is 161 g/mol. The Morgan fingerprint density at radius 3 is 3.08 bits per heavy atom. The number of amidine groups is 1. The molecule has 1 atom stereocenters. The predicted molar refractivity (Wildman–Crippen MR) is 49.2 cm³/mol. The van der Waals surface area contributed by atoms with Crippen molar-refractivity contribution in [2.24, 2.45) is 10.9 Å². The second-order valence-corrected chi connectivity index (χ2v) is 2.88. The Hall–Kier alpha value is -1.51. The van der Waals surface area contributed by atoms with E-state index in [2.05, 4.69) is 34.7 Å². The molecule has 0 aromatic heterocycles. The maximum Gasteiger partial charge on any atom is 0.153 e. The molecule has 0 bridgehead atoms. The summed E-state index contributed by atoms with van der Waals surface area (Å²) < 4.78 is 0. The molecule has 0 radical (unpaired) electrons. The standard InChI is InChI=1S/C9H11N3/c1-7-2-3-11-9-8(6-7)10-4-5-12-9/h2-7,10H,1H3,(H,11,12). The van der Waals surface area contributed by atoms with Crippen LogP contribution < -0.4 is 10.6 Å². The van der Waals surface area contributed by atoms with E-state index in [1.54, 1.807) is 0 Å². The Bertz CT molecular complexity index is 297. The predicted octanol–water partition coefficient (Wildman–Crippen LogP) is 1.10. The molecule has 2 rings (SSSR count). The van der Waals surface area contributed by atoms with Gasteiger partial charge < -0.3 is 10.6 Å². The van der Waals surface area contributed by atoms with Crippen LogP contribution in [0.4, 0.5) is 0 Å². The van der Waals surface area contributed by atoms with Crippen molar-refractivity contribution in [2.45, 2.75) is 6.92 Å². The lowest BCUT2D eigenvalue weighted by atomic mass is 10.1. The van der Waals surface area contributed by atoms with Crippen LogP contribution in [0.15, 0.2) is 41.4 Å².